The molecular weight excluding hydrogens is 449 g/mol. The van der Waals surface area contributed by atoms with Gasteiger partial charge < -0.3 is 15.3 Å². The number of benzene rings is 2. The number of aromatic hydroxyl groups is 2. The van der Waals surface area contributed by atoms with Gasteiger partial charge in [0, 0.05) is 3.57 Å². The molecule has 0 heterocycles. The Hall–Kier alpha value is -1.85. The van der Waals surface area contributed by atoms with Gasteiger partial charge in [0.05, 0.1) is 4.90 Å². The van der Waals surface area contributed by atoms with Crippen molar-refractivity contribution >= 4 is 38.6 Å². The SMILES string of the molecule is O=C(O)[C@H](Cc1ccc(O)c(O)c1)NS(=O)(=O)c1ccc(I)cc1. The largest absolute Gasteiger partial charge is 0.504 e. The lowest BCUT2D eigenvalue weighted by Crippen LogP contribution is -2.42. The van der Waals surface area contributed by atoms with Crippen LogP contribution in [0.1, 0.15) is 5.56 Å². The zero-order valence-electron chi connectivity index (χ0n) is 12.2. The molecule has 0 amide bonds. The Bertz CT molecular complexity index is 851. The summed E-state index contributed by atoms with van der Waals surface area (Å²) in [6.45, 7) is 0. The van der Waals surface area contributed by atoms with Crippen molar-refractivity contribution in [1.82, 2.24) is 4.72 Å². The third-order valence-electron chi connectivity index (χ3n) is 3.20. The van der Waals surface area contributed by atoms with E-state index in [1.54, 1.807) is 12.1 Å². The minimum Gasteiger partial charge on any atom is -0.504 e. The number of hydrogen-bond acceptors (Lipinski definition) is 5. The van der Waals surface area contributed by atoms with Crippen molar-refractivity contribution < 1.29 is 28.5 Å². The summed E-state index contributed by atoms with van der Waals surface area (Å²) in [6, 6.07) is 8.35. The summed E-state index contributed by atoms with van der Waals surface area (Å²) in [7, 11) is -4.01. The minimum atomic E-state index is -4.01. The van der Waals surface area contributed by atoms with Gasteiger partial charge in [-0.1, -0.05) is 6.07 Å². The maximum absolute atomic E-state index is 12.3. The summed E-state index contributed by atoms with van der Waals surface area (Å²) in [5, 5.41) is 28.0. The molecule has 1 atom stereocenters. The van der Waals surface area contributed by atoms with Crippen LogP contribution >= 0.6 is 22.6 Å². The van der Waals surface area contributed by atoms with Crippen molar-refractivity contribution in [2.45, 2.75) is 17.4 Å². The summed E-state index contributed by atoms with van der Waals surface area (Å²) in [5.41, 5.74) is 0.364. The van der Waals surface area contributed by atoms with Crippen LogP contribution in [0.2, 0.25) is 0 Å². The van der Waals surface area contributed by atoms with Crippen LogP contribution in [0.25, 0.3) is 0 Å². The fraction of sp³-hybridized carbons (Fsp3) is 0.133. The van der Waals surface area contributed by atoms with Gasteiger partial charge in [-0.2, -0.15) is 4.72 Å². The quantitative estimate of drug-likeness (QED) is 0.382. The van der Waals surface area contributed by atoms with E-state index in [9.17, 15) is 28.5 Å². The van der Waals surface area contributed by atoms with Crippen molar-refractivity contribution in [2.75, 3.05) is 0 Å². The molecule has 0 aliphatic carbocycles. The topological polar surface area (TPSA) is 124 Å². The van der Waals surface area contributed by atoms with Crippen LogP contribution in [0.5, 0.6) is 11.5 Å². The van der Waals surface area contributed by atoms with E-state index in [1.807, 2.05) is 22.6 Å². The van der Waals surface area contributed by atoms with E-state index in [2.05, 4.69) is 4.72 Å². The smallest absolute Gasteiger partial charge is 0.322 e. The fourth-order valence-corrected chi connectivity index (χ4v) is 3.53. The standard InChI is InChI=1S/C15H14INO6S/c16-10-2-4-11(5-3-10)24(22,23)17-12(15(20)21)7-9-1-6-13(18)14(19)8-9/h1-6,8,12,17-19H,7H2,(H,20,21)/t12-/m0/s1. The second-order valence-corrected chi connectivity index (χ2v) is 7.95. The highest BCUT2D eigenvalue weighted by Crippen LogP contribution is 2.25. The normalized spacial score (nSPS) is 12.7. The van der Waals surface area contributed by atoms with Gasteiger partial charge in [0.25, 0.3) is 0 Å². The number of halogens is 1. The molecule has 0 spiro atoms. The first-order valence-corrected chi connectivity index (χ1v) is 9.27. The molecule has 0 fully saturated rings. The van der Waals surface area contributed by atoms with Gasteiger partial charge in [-0.3, -0.25) is 4.79 Å². The molecule has 0 saturated heterocycles. The second kappa shape index (κ2) is 7.36. The molecule has 0 radical (unpaired) electrons. The number of rotatable bonds is 6. The highest BCUT2D eigenvalue weighted by molar-refractivity contribution is 14.1. The highest BCUT2D eigenvalue weighted by atomic mass is 127. The molecular formula is C15H14INO6S. The molecule has 0 aromatic heterocycles. The zero-order chi connectivity index (χ0) is 17.9. The molecule has 0 saturated carbocycles. The van der Waals surface area contributed by atoms with Gasteiger partial charge in [-0.05, 0) is 71.0 Å². The molecule has 2 aromatic rings. The molecule has 0 unspecified atom stereocenters. The molecule has 0 aliphatic heterocycles. The van der Waals surface area contributed by atoms with Crippen molar-refractivity contribution in [3.63, 3.8) is 0 Å². The molecule has 0 aliphatic rings. The van der Waals surface area contributed by atoms with Crippen molar-refractivity contribution in [1.29, 1.82) is 0 Å². The third-order valence-corrected chi connectivity index (χ3v) is 5.41. The number of phenolic OH excluding ortho intramolecular Hbond substituents is 2. The molecule has 2 aromatic carbocycles. The van der Waals surface area contributed by atoms with Crippen LogP contribution in [-0.4, -0.2) is 35.7 Å². The summed E-state index contributed by atoms with van der Waals surface area (Å²) >= 11 is 2.03. The van der Waals surface area contributed by atoms with Gasteiger partial charge in [-0.15, -0.1) is 0 Å². The highest BCUT2D eigenvalue weighted by Gasteiger charge is 2.26. The molecule has 9 heteroatoms. The number of carboxylic acid groups (broad SMARTS) is 1. The Labute approximate surface area is 152 Å². The summed E-state index contributed by atoms with van der Waals surface area (Å²) in [5.74, 6) is -2.10. The van der Waals surface area contributed by atoms with Crippen molar-refractivity contribution in [3.8, 4) is 11.5 Å². The Balaban J connectivity index is 2.23. The molecule has 128 valence electrons. The van der Waals surface area contributed by atoms with Crippen LogP contribution in [0, 0.1) is 3.57 Å². The lowest BCUT2D eigenvalue weighted by Gasteiger charge is -2.15. The average molecular weight is 463 g/mol. The fourth-order valence-electron chi connectivity index (χ4n) is 1.98. The second-order valence-electron chi connectivity index (χ2n) is 4.99. The average Bonchev–Trinajstić information content (AvgIpc) is 2.50. The number of sulfonamides is 1. The van der Waals surface area contributed by atoms with E-state index in [0.29, 0.717) is 5.56 Å². The van der Waals surface area contributed by atoms with Gasteiger partial charge in [0.2, 0.25) is 10.0 Å². The molecule has 0 bridgehead atoms. The monoisotopic (exact) mass is 463 g/mol. The van der Waals surface area contributed by atoms with Crippen LogP contribution < -0.4 is 4.72 Å². The molecule has 4 N–H and O–H groups in total. The maximum atomic E-state index is 12.3. The Morgan fingerprint density at radius 1 is 1.08 bits per heavy atom. The van der Waals surface area contributed by atoms with Gasteiger partial charge in [0.1, 0.15) is 6.04 Å². The van der Waals surface area contributed by atoms with Crippen LogP contribution in [0.15, 0.2) is 47.4 Å². The Kier molecular flexibility index (Phi) is 5.67. The third kappa shape index (κ3) is 4.58. The lowest BCUT2D eigenvalue weighted by atomic mass is 10.1. The van der Waals surface area contributed by atoms with Crippen molar-refractivity contribution in [2.24, 2.45) is 0 Å². The number of carbonyl (C=O) groups is 1. The van der Waals surface area contributed by atoms with Gasteiger partial charge >= 0.3 is 5.97 Å². The molecule has 2 rings (SSSR count). The van der Waals surface area contributed by atoms with Crippen LogP contribution in [-0.2, 0) is 21.2 Å². The van der Waals surface area contributed by atoms with Crippen molar-refractivity contribution in [3.05, 3.63) is 51.6 Å². The lowest BCUT2D eigenvalue weighted by molar-refractivity contribution is -0.138. The van der Waals surface area contributed by atoms with Gasteiger partial charge in [-0.25, -0.2) is 8.42 Å². The summed E-state index contributed by atoms with van der Waals surface area (Å²) in [4.78, 5) is 11.3. The number of aliphatic carboxylic acids is 1. The zero-order valence-corrected chi connectivity index (χ0v) is 15.2. The number of hydrogen-bond donors (Lipinski definition) is 4. The minimum absolute atomic E-state index is 0.0391. The number of nitrogens with one attached hydrogen (secondary N) is 1. The predicted octanol–water partition coefficient (Wildman–Crippen LogP) is 1.68. The molecule has 24 heavy (non-hydrogen) atoms. The van der Waals surface area contributed by atoms with E-state index in [0.717, 1.165) is 3.57 Å². The van der Waals surface area contributed by atoms with E-state index in [-0.39, 0.29) is 17.1 Å². The summed E-state index contributed by atoms with van der Waals surface area (Å²) in [6.07, 6.45) is -0.188. The van der Waals surface area contributed by atoms with Gasteiger partial charge in [0.15, 0.2) is 11.5 Å². The number of phenols is 2. The maximum Gasteiger partial charge on any atom is 0.322 e. The van der Waals surface area contributed by atoms with E-state index < -0.39 is 27.8 Å². The van der Waals surface area contributed by atoms with Crippen LogP contribution in [0.4, 0.5) is 0 Å². The summed E-state index contributed by atoms with van der Waals surface area (Å²) < 4.78 is 27.6. The van der Waals surface area contributed by atoms with E-state index in [4.69, 9.17) is 0 Å². The first-order chi connectivity index (χ1) is 11.2. The van der Waals surface area contributed by atoms with E-state index >= 15 is 0 Å². The Morgan fingerprint density at radius 2 is 1.71 bits per heavy atom. The first-order valence-electron chi connectivity index (χ1n) is 6.70. The number of carboxylic acids is 1. The van der Waals surface area contributed by atoms with E-state index in [1.165, 1.54) is 30.3 Å². The predicted molar refractivity (Wildman–Crippen MR) is 94.4 cm³/mol. The Morgan fingerprint density at radius 3 is 2.25 bits per heavy atom. The van der Waals surface area contributed by atoms with Crippen LogP contribution in [0.3, 0.4) is 0 Å². The molecule has 7 nitrogen and oxygen atoms in total. The first kappa shape index (κ1) is 18.5.